The number of sulfonamides is 1. The van der Waals surface area contributed by atoms with Crippen LogP contribution >= 0.6 is 11.3 Å². The van der Waals surface area contributed by atoms with Crippen LogP contribution in [0.5, 0.6) is 0 Å². The van der Waals surface area contributed by atoms with E-state index in [0.29, 0.717) is 0 Å². The number of ether oxygens (including phenoxy) is 1. The van der Waals surface area contributed by atoms with Gasteiger partial charge in [-0.05, 0) is 0 Å². The first kappa shape index (κ1) is 10.9. The number of carbonyl (C=O) groups is 1. The third-order valence-electron chi connectivity index (χ3n) is 1.17. The fourth-order valence-corrected chi connectivity index (χ4v) is 2.21. The van der Waals surface area contributed by atoms with E-state index in [4.69, 9.17) is 0 Å². The molecule has 0 aliphatic rings. The summed E-state index contributed by atoms with van der Waals surface area (Å²) in [5, 5.41) is 1.56. The van der Waals surface area contributed by atoms with Gasteiger partial charge in [0.05, 0.1) is 13.4 Å². The molecule has 0 bridgehead atoms. The molecule has 0 aliphatic heterocycles. The number of nitrogens with one attached hydrogen (secondary N) is 1. The molecule has 0 atom stereocenters. The molecule has 0 radical (unpaired) electrons. The Bertz CT molecular complexity index is 436. The highest BCUT2D eigenvalue weighted by Gasteiger charge is 2.12. The van der Waals surface area contributed by atoms with Crippen LogP contribution in [0.3, 0.4) is 0 Å². The third kappa shape index (κ3) is 2.96. The monoisotopic (exact) mass is 236 g/mol. The maximum absolute atomic E-state index is 10.9. The van der Waals surface area contributed by atoms with Crippen molar-refractivity contribution in [1.82, 2.24) is 4.98 Å². The number of carbonyl (C=O) groups excluding carboxylic acids is 1. The van der Waals surface area contributed by atoms with Crippen LogP contribution in [0.25, 0.3) is 0 Å². The van der Waals surface area contributed by atoms with Crippen LogP contribution in [-0.4, -0.2) is 32.7 Å². The van der Waals surface area contributed by atoms with Crippen molar-refractivity contribution in [3.05, 3.63) is 11.1 Å². The molecule has 0 aliphatic carbocycles. The highest BCUT2D eigenvalue weighted by atomic mass is 32.2. The lowest BCUT2D eigenvalue weighted by Crippen LogP contribution is -2.10. The van der Waals surface area contributed by atoms with Crippen LogP contribution in [0.1, 0.15) is 10.5 Å². The zero-order chi connectivity index (χ0) is 10.8. The molecule has 1 N–H and O–H groups in total. The summed E-state index contributed by atoms with van der Waals surface area (Å²) in [7, 11) is -2.12. The molecule has 1 heterocycles. The van der Waals surface area contributed by atoms with Gasteiger partial charge in [-0.2, -0.15) is 0 Å². The van der Waals surface area contributed by atoms with E-state index in [1.54, 1.807) is 0 Å². The Morgan fingerprint density at radius 2 is 2.29 bits per heavy atom. The SMILES string of the molecule is COC(=O)c1csc(NS(C)(=O)=O)n1. The van der Waals surface area contributed by atoms with Gasteiger partial charge in [-0.1, -0.05) is 0 Å². The van der Waals surface area contributed by atoms with Crippen molar-refractivity contribution < 1.29 is 17.9 Å². The maximum Gasteiger partial charge on any atom is 0.357 e. The number of nitrogens with zero attached hydrogens (tertiary/aromatic N) is 1. The largest absolute Gasteiger partial charge is 0.464 e. The van der Waals surface area contributed by atoms with E-state index < -0.39 is 16.0 Å². The molecule has 0 spiro atoms. The lowest BCUT2D eigenvalue weighted by Gasteiger charge is -1.96. The van der Waals surface area contributed by atoms with Gasteiger partial charge in [0.25, 0.3) is 0 Å². The van der Waals surface area contributed by atoms with Gasteiger partial charge in [0.2, 0.25) is 10.0 Å². The Hall–Kier alpha value is -1.15. The van der Waals surface area contributed by atoms with Gasteiger partial charge in [0, 0.05) is 5.38 Å². The van der Waals surface area contributed by atoms with E-state index in [1.165, 1.54) is 12.5 Å². The Labute approximate surface area is 85.0 Å². The summed E-state index contributed by atoms with van der Waals surface area (Å²) < 4.78 is 28.1. The minimum Gasteiger partial charge on any atom is -0.464 e. The predicted octanol–water partition coefficient (Wildman–Crippen LogP) is 0.301. The van der Waals surface area contributed by atoms with Gasteiger partial charge in [-0.3, -0.25) is 4.72 Å². The van der Waals surface area contributed by atoms with Crippen molar-refractivity contribution in [3.63, 3.8) is 0 Å². The summed E-state index contributed by atoms with van der Waals surface area (Å²) >= 11 is 1.02. The van der Waals surface area contributed by atoms with Gasteiger partial charge < -0.3 is 4.74 Å². The summed E-state index contributed by atoms with van der Waals surface area (Å²) in [6.45, 7) is 0. The molecule has 0 saturated carbocycles. The number of anilines is 1. The topological polar surface area (TPSA) is 85.4 Å². The second-order valence-electron chi connectivity index (χ2n) is 2.40. The van der Waals surface area contributed by atoms with Crippen LogP contribution in [0.15, 0.2) is 5.38 Å². The molecule has 14 heavy (non-hydrogen) atoms. The lowest BCUT2D eigenvalue weighted by atomic mass is 10.5. The van der Waals surface area contributed by atoms with Crippen molar-refractivity contribution >= 4 is 32.5 Å². The van der Waals surface area contributed by atoms with E-state index in [0.717, 1.165) is 17.6 Å². The van der Waals surface area contributed by atoms with E-state index >= 15 is 0 Å². The van der Waals surface area contributed by atoms with Crippen molar-refractivity contribution in [2.45, 2.75) is 0 Å². The molecule has 1 aromatic rings. The smallest absolute Gasteiger partial charge is 0.357 e. The zero-order valence-electron chi connectivity index (χ0n) is 7.47. The minimum absolute atomic E-state index is 0.0867. The van der Waals surface area contributed by atoms with Crippen molar-refractivity contribution in [1.29, 1.82) is 0 Å². The number of rotatable bonds is 3. The van der Waals surface area contributed by atoms with Gasteiger partial charge in [0.15, 0.2) is 10.8 Å². The average molecular weight is 236 g/mol. The first-order chi connectivity index (χ1) is 6.42. The Morgan fingerprint density at radius 1 is 1.64 bits per heavy atom. The summed E-state index contributed by atoms with van der Waals surface area (Å²) in [5.41, 5.74) is 0.0867. The van der Waals surface area contributed by atoms with E-state index in [-0.39, 0.29) is 10.8 Å². The van der Waals surface area contributed by atoms with E-state index in [1.807, 2.05) is 0 Å². The molecule has 1 rings (SSSR count). The van der Waals surface area contributed by atoms with Crippen LogP contribution in [0.4, 0.5) is 5.13 Å². The summed E-state index contributed by atoms with van der Waals surface area (Å²) in [5.74, 6) is -0.595. The van der Waals surface area contributed by atoms with Crippen LogP contribution in [0, 0.1) is 0 Å². The van der Waals surface area contributed by atoms with Gasteiger partial charge in [-0.25, -0.2) is 18.2 Å². The normalized spacial score (nSPS) is 11.0. The Morgan fingerprint density at radius 3 is 2.79 bits per heavy atom. The second kappa shape index (κ2) is 3.93. The number of aromatic nitrogens is 1. The van der Waals surface area contributed by atoms with Gasteiger partial charge in [-0.15, -0.1) is 11.3 Å². The number of hydrogen-bond donors (Lipinski definition) is 1. The van der Waals surface area contributed by atoms with Crippen molar-refractivity contribution in [2.24, 2.45) is 0 Å². The summed E-state index contributed by atoms with van der Waals surface area (Å²) in [4.78, 5) is 14.7. The Kier molecular flexibility index (Phi) is 3.06. The van der Waals surface area contributed by atoms with E-state index in [9.17, 15) is 13.2 Å². The standard InChI is InChI=1S/C6H8N2O4S2/c1-12-5(9)4-3-13-6(7-4)8-14(2,10)11/h3H,1-2H3,(H,7,8). The second-order valence-corrected chi connectivity index (χ2v) is 5.01. The molecule has 0 unspecified atom stereocenters. The molecular formula is C6H8N2O4S2. The van der Waals surface area contributed by atoms with Crippen molar-refractivity contribution in [3.8, 4) is 0 Å². The molecule has 0 fully saturated rings. The summed E-state index contributed by atoms with van der Waals surface area (Å²) in [6, 6.07) is 0. The molecule has 8 heteroatoms. The molecule has 1 aromatic heterocycles. The molecule has 78 valence electrons. The highest BCUT2D eigenvalue weighted by Crippen LogP contribution is 2.16. The number of thiazole rings is 1. The average Bonchev–Trinajstić information content (AvgIpc) is 2.48. The lowest BCUT2D eigenvalue weighted by molar-refractivity contribution is 0.0595. The van der Waals surface area contributed by atoms with Crippen LogP contribution in [-0.2, 0) is 14.8 Å². The highest BCUT2D eigenvalue weighted by molar-refractivity contribution is 7.92. The number of methoxy groups -OCH3 is 1. The van der Waals surface area contributed by atoms with Gasteiger partial charge in [0.1, 0.15) is 0 Å². The first-order valence-corrected chi connectivity index (χ1v) is 6.21. The quantitative estimate of drug-likeness (QED) is 0.763. The third-order valence-corrected chi connectivity index (χ3v) is 2.62. The molecule has 6 nitrogen and oxygen atoms in total. The zero-order valence-corrected chi connectivity index (χ0v) is 9.11. The minimum atomic E-state index is -3.35. The van der Waals surface area contributed by atoms with Crippen molar-refractivity contribution in [2.75, 3.05) is 18.1 Å². The maximum atomic E-state index is 10.9. The fraction of sp³-hybridized carbons (Fsp3) is 0.333. The summed E-state index contributed by atoms with van der Waals surface area (Å²) in [6.07, 6.45) is 1.01. The molecule has 0 aromatic carbocycles. The van der Waals surface area contributed by atoms with Crippen LogP contribution in [0.2, 0.25) is 0 Å². The fourth-order valence-electron chi connectivity index (χ4n) is 0.678. The number of hydrogen-bond acceptors (Lipinski definition) is 6. The molecule has 0 amide bonds. The van der Waals surface area contributed by atoms with E-state index in [2.05, 4.69) is 14.4 Å². The molecule has 0 saturated heterocycles. The Balaban J connectivity index is 2.84. The van der Waals surface area contributed by atoms with Gasteiger partial charge >= 0.3 is 5.97 Å². The molecular weight excluding hydrogens is 228 g/mol. The number of esters is 1. The first-order valence-electron chi connectivity index (χ1n) is 3.44. The van der Waals surface area contributed by atoms with Crippen LogP contribution < -0.4 is 4.72 Å². The predicted molar refractivity (Wildman–Crippen MR) is 51.9 cm³/mol.